The molecule has 4 nitrogen and oxygen atoms in total. The van der Waals surface area contributed by atoms with Crippen LogP contribution in [0.25, 0.3) is 5.57 Å². The predicted molar refractivity (Wildman–Crippen MR) is 77.6 cm³/mol. The fourth-order valence-electron chi connectivity index (χ4n) is 2.38. The number of hydrogen-bond donors (Lipinski definition) is 1. The van der Waals surface area contributed by atoms with Crippen LogP contribution >= 0.6 is 15.9 Å². The molecular formula is C14H16BrN3O. The zero-order chi connectivity index (χ0) is 13.1. The first kappa shape index (κ1) is 13.0. The number of halogens is 1. The van der Waals surface area contributed by atoms with Crippen LogP contribution in [0.5, 0.6) is 0 Å². The summed E-state index contributed by atoms with van der Waals surface area (Å²) in [6.07, 6.45) is 10.2. The molecule has 100 valence electrons. The number of nitrogens with one attached hydrogen (secondary N) is 1. The van der Waals surface area contributed by atoms with E-state index >= 15 is 0 Å². The minimum Gasteiger partial charge on any atom is -0.371 e. The van der Waals surface area contributed by atoms with Gasteiger partial charge in [0.25, 0.3) is 0 Å². The standard InChI is InChI=1S/C14H16BrN3O/c15-12-7-17-14(18-8-12)11-3-1-2-10(6-11)13-9-16-4-5-19-13/h2,6-8,13,16H,1,3-5,9H2. The Balaban J connectivity index is 1.80. The second kappa shape index (κ2) is 5.94. The van der Waals surface area contributed by atoms with Crippen molar-refractivity contribution >= 4 is 21.5 Å². The number of nitrogens with zero attached hydrogens (tertiary/aromatic N) is 2. The summed E-state index contributed by atoms with van der Waals surface area (Å²) in [6, 6.07) is 0. The smallest absolute Gasteiger partial charge is 0.155 e. The molecule has 2 heterocycles. The highest BCUT2D eigenvalue weighted by molar-refractivity contribution is 9.10. The molecule has 1 aromatic heterocycles. The SMILES string of the molecule is Brc1cnc(C2=CC(C3CNCCO3)=CCC2)nc1. The van der Waals surface area contributed by atoms with Crippen molar-refractivity contribution in [2.24, 2.45) is 0 Å². The van der Waals surface area contributed by atoms with E-state index in [-0.39, 0.29) is 6.10 Å². The summed E-state index contributed by atoms with van der Waals surface area (Å²) < 4.78 is 6.70. The molecule has 0 radical (unpaired) electrons. The fraction of sp³-hybridized carbons (Fsp3) is 0.429. The Kier molecular flexibility index (Phi) is 4.06. The number of aromatic nitrogens is 2. The average molecular weight is 322 g/mol. The van der Waals surface area contributed by atoms with Gasteiger partial charge in [0.1, 0.15) is 0 Å². The lowest BCUT2D eigenvalue weighted by Gasteiger charge is -2.26. The molecular weight excluding hydrogens is 306 g/mol. The molecule has 1 unspecified atom stereocenters. The number of rotatable bonds is 2. The Labute approximate surface area is 121 Å². The number of ether oxygens (including phenoxy) is 1. The molecule has 3 rings (SSSR count). The highest BCUT2D eigenvalue weighted by Gasteiger charge is 2.20. The number of hydrogen-bond acceptors (Lipinski definition) is 4. The molecule has 0 amide bonds. The van der Waals surface area contributed by atoms with Crippen molar-refractivity contribution < 1.29 is 4.74 Å². The van der Waals surface area contributed by atoms with Gasteiger partial charge in [0.2, 0.25) is 0 Å². The van der Waals surface area contributed by atoms with Crippen LogP contribution in [0.15, 0.2) is 34.6 Å². The van der Waals surface area contributed by atoms with Gasteiger partial charge in [0, 0.05) is 25.5 Å². The molecule has 0 spiro atoms. The molecule has 1 atom stereocenters. The van der Waals surface area contributed by atoms with Crippen LogP contribution in [0.3, 0.4) is 0 Å². The molecule has 19 heavy (non-hydrogen) atoms. The molecule has 0 aromatic carbocycles. The van der Waals surface area contributed by atoms with Crippen molar-refractivity contribution in [2.75, 3.05) is 19.7 Å². The van der Waals surface area contributed by atoms with Crippen molar-refractivity contribution in [3.8, 4) is 0 Å². The van der Waals surface area contributed by atoms with Gasteiger partial charge in [0.05, 0.1) is 17.2 Å². The summed E-state index contributed by atoms with van der Waals surface area (Å²) in [7, 11) is 0. The first-order valence-corrected chi connectivity index (χ1v) is 7.33. The third-order valence-corrected chi connectivity index (χ3v) is 3.75. The molecule has 5 heteroatoms. The van der Waals surface area contributed by atoms with Gasteiger partial charge in [-0.15, -0.1) is 0 Å². The monoisotopic (exact) mass is 321 g/mol. The van der Waals surface area contributed by atoms with Gasteiger partial charge in [-0.2, -0.15) is 0 Å². The van der Waals surface area contributed by atoms with Crippen LogP contribution in [0, 0.1) is 0 Å². The molecule has 1 N–H and O–H groups in total. The van der Waals surface area contributed by atoms with E-state index in [4.69, 9.17) is 4.74 Å². The minimum atomic E-state index is 0.166. The van der Waals surface area contributed by atoms with E-state index in [1.165, 1.54) is 11.1 Å². The van der Waals surface area contributed by atoms with E-state index in [1.54, 1.807) is 12.4 Å². The topological polar surface area (TPSA) is 47.0 Å². The minimum absolute atomic E-state index is 0.166. The second-order valence-electron chi connectivity index (χ2n) is 4.70. The number of morpholine rings is 1. The van der Waals surface area contributed by atoms with E-state index in [0.717, 1.165) is 42.8 Å². The summed E-state index contributed by atoms with van der Waals surface area (Å²) in [5.74, 6) is 0.817. The normalized spacial score (nSPS) is 23.7. The summed E-state index contributed by atoms with van der Waals surface area (Å²) in [5, 5.41) is 3.36. The largest absolute Gasteiger partial charge is 0.371 e. The maximum Gasteiger partial charge on any atom is 0.155 e. The van der Waals surface area contributed by atoms with Gasteiger partial charge in [-0.05, 0) is 46.0 Å². The zero-order valence-corrected chi connectivity index (χ0v) is 12.2. The van der Waals surface area contributed by atoms with Crippen molar-refractivity contribution in [3.05, 3.63) is 40.4 Å². The van der Waals surface area contributed by atoms with Gasteiger partial charge in [0.15, 0.2) is 5.82 Å². The van der Waals surface area contributed by atoms with Crippen molar-refractivity contribution in [1.29, 1.82) is 0 Å². The highest BCUT2D eigenvalue weighted by Crippen LogP contribution is 2.27. The summed E-state index contributed by atoms with van der Waals surface area (Å²) in [5.41, 5.74) is 2.44. The second-order valence-corrected chi connectivity index (χ2v) is 5.62. The van der Waals surface area contributed by atoms with E-state index in [9.17, 15) is 0 Å². The molecule has 0 saturated carbocycles. The van der Waals surface area contributed by atoms with Crippen LogP contribution in [0.2, 0.25) is 0 Å². The first-order chi connectivity index (χ1) is 9.33. The Morgan fingerprint density at radius 1 is 1.32 bits per heavy atom. The van der Waals surface area contributed by atoms with Crippen LogP contribution in [0.4, 0.5) is 0 Å². The molecule has 1 aliphatic heterocycles. The van der Waals surface area contributed by atoms with Crippen LogP contribution in [0.1, 0.15) is 18.7 Å². The van der Waals surface area contributed by atoms with Crippen molar-refractivity contribution in [1.82, 2.24) is 15.3 Å². The Bertz CT molecular complexity index is 504. The lowest BCUT2D eigenvalue weighted by atomic mass is 9.95. The maximum atomic E-state index is 5.80. The van der Waals surface area contributed by atoms with Gasteiger partial charge in [-0.3, -0.25) is 0 Å². The predicted octanol–water partition coefficient (Wildman–Crippen LogP) is 2.33. The average Bonchev–Trinajstić information content (AvgIpc) is 2.49. The quantitative estimate of drug-likeness (QED) is 0.908. The van der Waals surface area contributed by atoms with E-state index < -0.39 is 0 Å². The molecule has 1 fully saturated rings. The van der Waals surface area contributed by atoms with Gasteiger partial charge in [-0.1, -0.05) is 6.08 Å². The number of allylic oxidation sites excluding steroid dienone is 2. The molecule has 1 aromatic rings. The summed E-state index contributed by atoms with van der Waals surface area (Å²) >= 11 is 3.36. The lowest BCUT2D eigenvalue weighted by Crippen LogP contribution is -2.39. The Morgan fingerprint density at radius 2 is 2.16 bits per heavy atom. The van der Waals surface area contributed by atoms with Crippen molar-refractivity contribution in [2.45, 2.75) is 18.9 Å². The molecule has 2 aliphatic rings. The summed E-state index contributed by atoms with van der Waals surface area (Å²) in [4.78, 5) is 8.74. The Hall–Kier alpha value is -1.04. The zero-order valence-electron chi connectivity index (χ0n) is 10.6. The Morgan fingerprint density at radius 3 is 2.89 bits per heavy atom. The van der Waals surface area contributed by atoms with Gasteiger partial charge < -0.3 is 10.1 Å². The van der Waals surface area contributed by atoms with Crippen LogP contribution in [-0.2, 0) is 4.74 Å². The summed E-state index contributed by atoms with van der Waals surface area (Å²) in [6.45, 7) is 2.60. The molecule has 1 aliphatic carbocycles. The van der Waals surface area contributed by atoms with Crippen molar-refractivity contribution in [3.63, 3.8) is 0 Å². The van der Waals surface area contributed by atoms with Crippen LogP contribution < -0.4 is 5.32 Å². The molecule has 0 bridgehead atoms. The first-order valence-electron chi connectivity index (χ1n) is 6.54. The third-order valence-electron chi connectivity index (χ3n) is 3.34. The highest BCUT2D eigenvalue weighted by atomic mass is 79.9. The molecule has 1 saturated heterocycles. The lowest BCUT2D eigenvalue weighted by molar-refractivity contribution is 0.0537. The third kappa shape index (κ3) is 3.11. The van der Waals surface area contributed by atoms with E-state index in [2.05, 4.69) is 43.4 Å². The van der Waals surface area contributed by atoms with Crippen LogP contribution in [-0.4, -0.2) is 35.8 Å². The van der Waals surface area contributed by atoms with E-state index in [0.29, 0.717) is 0 Å². The maximum absolute atomic E-state index is 5.80. The fourth-order valence-corrected chi connectivity index (χ4v) is 2.59. The van der Waals surface area contributed by atoms with Gasteiger partial charge >= 0.3 is 0 Å². The van der Waals surface area contributed by atoms with E-state index in [1.807, 2.05) is 0 Å². The van der Waals surface area contributed by atoms with Gasteiger partial charge in [-0.25, -0.2) is 9.97 Å².